The number of amides is 1. The molecule has 0 spiro atoms. The van der Waals surface area contributed by atoms with E-state index in [1.807, 2.05) is 18.2 Å². The van der Waals surface area contributed by atoms with Crippen LogP contribution in [0.1, 0.15) is 17.2 Å². The molecule has 1 heterocycles. The number of methoxy groups -OCH3 is 2. The summed E-state index contributed by atoms with van der Waals surface area (Å²) >= 11 is 0. The maximum Gasteiger partial charge on any atom is 0.269 e. The van der Waals surface area contributed by atoms with Crippen molar-refractivity contribution in [1.29, 1.82) is 0 Å². The predicted molar refractivity (Wildman–Crippen MR) is 107 cm³/mol. The first kappa shape index (κ1) is 20.6. The van der Waals surface area contributed by atoms with E-state index >= 15 is 0 Å². The molecule has 2 aromatic carbocycles. The van der Waals surface area contributed by atoms with E-state index in [2.05, 4.69) is 16.2 Å². The Morgan fingerprint density at radius 3 is 2.55 bits per heavy atom. The molecular formula is C20H24N4O5. The van der Waals surface area contributed by atoms with Gasteiger partial charge in [0, 0.05) is 25.2 Å². The quantitative estimate of drug-likeness (QED) is 0.457. The summed E-state index contributed by atoms with van der Waals surface area (Å²) in [5.41, 5.74) is 7.95. The van der Waals surface area contributed by atoms with Crippen LogP contribution in [0.5, 0.6) is 11.5 Å². The zero-order valence-corrected chi connectivity index (χ0v) is 16.3. The second-order valence-electron chi connectivity index (χ2n) is 6.69. The lowest BCUT2D eigenvalue weighted by Gasteiger charge is -2.18. The van der Waals surface area contributed by atoms with Gasteiger partial charge in [0.15, 0.2) is 11.5 Å². The highest BCUT2D eigenvalue weighted by Crippen LogP contribution is 2.28. The first-order chi connectivity index (χ1) is 14.0. The van der Waals surface area contributed by atoms with Crippen LogP contribution in [0, 0.1) is 16.0 Å². The summed E-state index contributed by atoms with van der Waals surface area (Å²) in [6.45, 7) is 0.960. The van der Waals surface area contributed by atoms with Crippen molar-refractivity contribution in [2.24, 2.45) is 5.92 Å². The molecule has 2 atom stereocenters. The van der Waals surface area contributed by atoms with Crippen molar-refractivity contribution in [2.75, 3.05) is 27.3 Å². The fraction of sp³-hybridized carbons (Fsp3) is 0.350. The van der Waals surface area contributed by atoms with Gasteiger partial charge in [-0.3, -0.25) is 20.3 Å². The van der Waals surface area contributed by atoms with Crippen LogP contribution >= 0.6 is 0 Å². The van der Waals surface area contributed by atoms with Crippen molar-refractivity contribution >= 4 is 11.6 Å². The highest BCUT2D eigenvalue weighted by atomic mass is 16.6. The van der Waals surface area contributed by atoms with Gasteiger partial charge < -0.3 is 14.8 Å². The Morgan fingerprint density at radius 1 is 1.17 bits per heavy atom. The largest absolute Gasteiger partial charge is 0.493 e. The van der Waals surface area contributed by atoms with Crippen LogP contribution < -0.4 is 25.6 Å². The van der Waals surface area contributed by atoms with Gasteiger partial charge in [-0.25, -0.2) is 5.43 Å². The van der Waals surface area contributed by atoms with E-state index < -0.39 is 4.92 Å². The summed E-state index contributed by atoms with van der Waals surface area (Å²) in [5.74, 6) is 0.918. The van der Waals surface area contributed by atoms with Crippen LogP contribution in [0.25, 0.3) is 0 Å². The van der Waals surface area contributed by atoms with Gasteiger partial charge in [0.25, 0.3) is 5.69 Å². The molecule has 0 aliphatic carbocycles. The highest BCUT2D eigenvalue weighted by molar-refractivity contribution is 5.80. The third-order valence-electron chi connectivity index (χ3n) is 4.94. The third-order valence-corrected chi connectivity index (χ3v) is 4.94. The molecule has 2 unspecified atom stereocenters. The minimum Gasteiger partial charge on any atom is -0.493 e. The summed E-state index contributed by atoms with van der Waals surface area (Å²) in [6.07, 6.45) is 0.655. The van der Waals surface area contributed by atoms with E-state index in [9.17, 15) is 14.9 Å². The Hall–Kier alpha value is -3.17. The SMILES string of the molecule is COc1ccc(CCNC(=O)C2CNNC2c2ccc([N+](=O)[O-])cc2)cc1OC. The molecule has 1 fully saturated rings. The molecule has 1 saturated heterocycles. The number of nitro benzene ring substituents is 1. The number of nitro groups is 1. The lowest BCUT2D eigenvalue weighted by Crippen LogP contribution is -2.36. The van der Waals surface area contributed by atoms with Crippen molar-refractivity contribution in [2.45, 2.75) is 12.5 Å². The molecule has 0 saturated carbocycles. The van der Waals surface area contributed by atoms with E-state index in [1.165, 1.54) is 12.1 Å². The maximum atomic E-state index is 12.7. The number of hydrazine groups is 1. The molecule has 29 heavy (non-hydrogen) atoms. The molecule has 2 aromatic rings. The number of carbonyl (C=O) groups excluding carboxylic acids is 1. The summed E-state index contributed by atoms with van der Waals surface area (Å²) in [4.78, 5) is 23.0. The van der Waals surface area contributed by atoms with Crippen LogP contribution in [-0.4, -0.2) is 38.1 Å². The molecule has 9 nitrogen and oxygen atoms in total. The number of non-ortho nitro benzene ring substituents is 1. The number of hydrogen-bond donors (Lipinski definition) is 3. The molecular weight excluding hydrogens is 376 g/mol. The van der Waals surface area contributed by atoms with E-state index in [4.69, 9.17) is 9.47 Å². The summed E-state index contributed by atoms with van der Waals surface area (Å²) in [7, 11) is 3.17. The first-order valence-electron chi connectivity index (χ1n) is 9.25. The zero-order valence-electron chi connectivity index (χ0n) is 16.3. The van der Waals surface area contributed by atoms with Crippen molar-refractivity contribution in [3.8, 4) is 11.5 Å². The lowest BCUT2D eigenvalue weighted by atomic mass is 9.94. The molecule has 154 valence electrons. The Balaban J connectivity index is 1.58. The van der Waals surface area contributed by atoms with Gasteiger partial charge in [0.2, 0.25) is 5.91 Å². The Kier molecular flexibility index (Phi) is 6.63. The molecule has 1 aliphatic heterocycles. The third kappa shape index (κ3) is 4.82. The molecule has 1 aliphatic rings. The molecule has 9 heteroatoms. The van der Waals surface area contributed by atoms with Crippen LogP contribution in [0.4, 0.5) is 5.69 Å². The van der Waals surface area contributed by atoms with Crippen molar-refractivity contribution < 1.29 is 19.2 Å². The van der Waals surface area contributed by atoms with Crippen LogP contribution in [0.15, 0.2) is 42.5 Å². The maximum absolute atomic E-state index is 12.7. The average molecular weight is 400 g/mol. The smallest absolute Gasteiger partial charge is 0.269 e. The number of benzene rings is 2. The van der Waals surface area contributed by atoms with E-state index in [1.54, 1.807) is 26.4 Å². The second-order valence-corrected chi connectivity index (χ2v) is 6.69. The van der Waals surface area contributed by atoms with E-state index in [0.29, 0.717) is 31.0 Å². The number of nitrogens with one attached hydrogen (secondary N) is 3. The van der Waals surface area contributed by atoms with Gasteiger partial charge >= 0.3 is 0 Å². The first-order valence-corrected chi connectivity index (χ1v) is 9.25. The predicted octanol–water partition coefficient (Wildman–Crippen LogP) is 1.74. The molecule has 0 aromatic heterocycles. The second kappa shape index (κ2) is 9.35. The monoisotopic (exact) mass is 400 g/mol. The number of ether oxygens (including phenoxy) is 2. The van der Waals surface area contributed by atoms with Crippen molar-refractivity contribution in [1.82, 2.24) is 16.2 Å². The number of rotatable bonds is 8. The summed E-state index contributed by atoms with van der Waals surface area (Å²) in [6, 6.07) is 11.7. The van der Waals surface area contributed by atoms with Gasteiger partial charge in [-0.1, -0.05) is 18.2 Å². The molecule has 3 N–H and O–H groups in total. The lowest BCUT2D eigenvalue weighted by molar-refractivity contribution is -0.384. The van der Waals surface area contributed by atoms with Gasteiger partial charge in [-0.15, -0.1) is 0 Å². The zero-order chi connectivity index (χ0) is 20.8. The Bertz CT molecular complexity index is 872. The van der Waals surface area contributed by atoms with Crippen LogP contribution in [-0.2, 0) is 11.2 Å². The van der Waals surface area contributed by atoms with Crippen molar-refractivity contribution in [3.63, 3.8) is 0 Å². The average Bonchev–Trinajstić information content (AvgIpc) is 3.23. The number of carbonyl (C=O) groups is 1. The fourth-order valence-electron chi connectivity index (χ4n) is 3.36. The summed E-state index contributed by atoms with van der Waals surface area (Å²) < 4.78 is 10.5. The van der Waals surface area contributed by atoms with Crippen molar-refractivity contribution in [3.05, 3.63) is 63.7 Å². The highest BCUT2D eigenvalue weighted by Gasteiger charge is 2.33. The minimum absolute atomic E-state index is 0.0237. The van der Waals surface area contributed by atoms with Gasteiger partial charge in [-0.2, -0.15) is 0 Å². The summed E-state index contributed by atoms with van der Waals surface area (Å²) in [5, 5.41) is 13.8. The number of hydrogen-bond acceptors (Lipinski definition) is 7. The van der Waals surface area contributed by atoms with Gasteiger partial charge in [0.05, 0.1) is 31.1 Å². The van der Waals surface area contributed by atoms with Crippen LogP contribution in [0.2, 0.25) is 0 Å². The molecule has 3 rings (SSSR count). The normalized spacial score (nSPS) is 18.3. The Labute approximate surface area is 168 Å². The number of nitrogens with zero attached hydrogens (tertiary/aromatic N) is 1. The molecule has 0 radical (unpaired) electrons. The molecule has 1 amide bonds. The standard InChI is InChI=1S/C20H24N4O5/c1-28-17-8-3-13(11-18(17)29-2)9-10-21-20(25)16-12-22-23-19(16)14-4-6-15(7-5-14)24(26)27/h3-8,11,16,19,22-23H,9-10,12H2,1-2H3,(H,21,25). The van der Waals surface area contributed by atoms with Gasteiger partial charge in [-0.05, 0) is 29.7 Å². The topological polar surface area (TPSA) is 115 Å². The Morgan fingerprint density at radius 2 is 1.90 bits per heavy atom. The van der Waals surface area contributed by atoms with Crippen LogP contribution in [0.3, 0.4) is 0 Å². The van der Waals surface area contributed by atoms with E-state index in [-0.39, 0.29) is 23.6 Å². The van der Waals surface area contributed by atoms with E-state index in [0.717, 1.165) is 11.1 Å². The fourth-order valence-corrected chi connectivity index (χ4v) is 3.36. The minimum atomic E-state index is -0.442. The molecule has 0 bridgehead atoms. The van der Waals surface area contributed by atoms with Gasteiger partial charge in [0.1, 0.15) is 0 Å².